The van der Waals surface area contributed by atoms with Crippen molar-refractivity contribution < 1.29 is 0 Å². The van der Waals surface area contributed by atoms with Crippen molar-refractivity contribution in [3.63, 3.8) is 0 Å². The Morgan fingerprint density at radius 1 is 1.11 bits per heavy atom. The number of rotatable bonds is 4. The maximum atomic E-state index is 4.43. The molecule has 0 radical (unpaired) electrons. The fourth-order valence-electron chi connectivity index (χ4n) is 2.42. The predicted molar refractivity (Wildman–Crippen MR) is 77.1 cm³/mol. The number of aromatic nitrogens is 3. The number of thioether (sulfide) groups is 1. The number of anilines is 1. The molecule has 1 aromatic heterocycles. The molecule has 1 heterocycles. The molecule has 18 heavy (non-hydrogen) atoms. The normalized spacial score (nSPS) is 18.6. The smallest absolute Gasteiger partial charge is 0.243 e. The fraction of sp³-hybridized carbons (Fsp3) is 0.769. The van der Waals surface area contributed by atoms with Crippen molar-refractivity contribution in [1.29, 1.82) is 0 Å². The van der Waals surface area contributed by atoms with E-state index in [2.05, 4.69) is 26.8 Å². The molecule has 0 aliphatic heterocycles. The summed E-state index contributed by atoms with van der Waals surface area (Å²) in [5.41, 5.74) is 1.85. The van der Waals surface area contributed by atoms with E-state index in [1.165, 1.54) is 32.1 Å². The predicted octanol–water partition coefficient (Wildman–Crippen LogP) is 2.97. The molecule has 0 aromatic carbocycles. The standard InChI is InChI=1S/C13H22N4S/c1-10-11(2)16-17-12(15-10)14-9-13(18-3)7-5-4-6-8-13/h4-9H2,1-3H3,(H,14,15,17). The molecule has 0 atom stereocenters. The third-order valence-electron chi connectivity index (χ3n) is 3.86. The first-order valence-corrected chi connectivity index (χ1v) is 7.85. The molecule has 1 fully saturated rings. The van der Waals surface area contributed by atoms with E-state index in [-0.39, 0.29) is 0 Å². The highest BCUT2D eigenvalue weighted by molar-refractivity contribution is 8.00. The highest BCUT2D eigenvalue weighted by atomic mass is 32.2. The van der Waals surface area contributed by atoms with E-state index in [4.69, 9.17) is 0 Å². The van der Waals surface area contributed by atoms with Crippen LogP contribution in [0.4, 0.5) is 5.95 Å². The summed E-state index contributed by atoms with van der Waals surface area (Å²) in [7, 11) is 0. The topological polar surface area (TPSA) is 50.7 Å². The SMILES string of the molecule is CSC1(CNc2nnc(C)c(C)n2)CCCCC1. The molecule has 0 spiro atoms. The van der Waals surface area contributed by atoms with Crippen LogP contribution < -0.4 is 5.32 Å². The third-order valence-corrected chi connectivity index (χ3v) is 5.28. The minimum atomic E-state index is 0.362. The lowest BCUT2D eigenvalue weighted by molar-refractivity contribution is 0.410. The van der Waals surface area contributed by atoms with Crippen LogP contribution in [0.2, 0.25) is 0 Å². The lowest BCUT2D eigenvalue weighted by Gasteiger charge is -2.35. The lowest BCUT2D eigenvalue weighted by atomic mass is 9.88. The first-order chi connectivity index (χ1) is 8.65. The summed E-state index contributed by atoms with van der Waals surface area (Å²) in [5, 5.41) is 11.6. The molecule has 1 N–H and O–H groups in total. The third kappa shape index (κ3) is 3.13. The Bertz CT molecular complexity index is 402. The molecule has 2 rings (SSSR count). The second-order valence-corrected chi connectivity index (χ2v) is 6.38. The van der Waals surface area contributed by atoms with Gasteiger partial charge in [-0.05, 0) is 32.9 Å². The van der Waals surface area contributed by atoms with Crippen molar-refractivity contribution in [2.24, 2.45) is 0 Å². The monoisotopic (exact) mass is 266 g/mol. The average molecular weight is 266 g/mol. The maximum absolute atomic E-state index is 4.43. The number of hydrogen-bond acceptors (Lipinski definition) is 5. The number of hydrogen-bond donors (Lipinski definition) is 1. The van der Waals surface area contributed by atoms with Crippen LogP contribution in [0.3, 0.4) is 0 Å². The number of nitrogens with zero attached hydrogens (tertiary/aromatic N) is 3. The van der Waals surface area contributed by atoms with E-state index in [9.17, 15) is 0 Å². The van der Waals surface area contributed by atoms with Gasteiger partial charge in [0.2, 0.25) is 5.95 Å². The van der Waals surface area contributed by atoms with Crippen molar-refractivity contribution in [3.8, 4) is 0 Å². The Morgan fingerprint density at radius 3 is 2.44 bits per heavy atom. The van der Waals surface area contributed by atoms with Gasteiger partial charge in [-0.1, -0.05) is 19.3 Å². The van der Waals surface area contributed by atoms with Crippen molar-refractivity contribution in [2.45, 2.75) is 50.7 Å². The van der Waals surface area contributed by atoms with Gasteiger partial charge in [0.25, 0.3) is 0 Å². The van der Waals surface area contributed by atoms with E-state index in [0.717, 1.165) is 17.9 Å². The Morgan fingerprint density at radius 2 is 1.83 bits per heavy atom. The van der Waals surface area contributed by atoms with E-state index >= 15 is 0 Å². The van der Waals surface area contributed by atoms with Gasteiger partial charge in [0.1, 0.15) is 0 Å². The number of nitrogens with one attached hydrogen (secondary N) is 1. The Kier molecular flexibility index (Phi) is 4.43. The van der Waals surface area contributed by atoms with Gasteiger partial charge >= 0.3 is 0 Å². The van der Waals surface area contributed by atoms with Crippen LogP contribution in [0.25, 0.3) is 0 Å². The van der Waals surface area contributed by atoms with E-state index in [1.807, 2.05) is 25.6 Å². The molecule has 1 aliphatic carbocycles. The molecule has 1 aliphatic rings. The van der Waals surface area contributed by atoms with Crippen LogP contribution in [-0.4, -0.2) is 32.7 Å². The minimum absolute atomic E-state index is 0.362. The summed E-state index contributed by atoms with van der Waals surface area (Å²) in [5.74, 6) is 0.664. The minimum Gasteiger partial charge on any atom is -0.352 e. The van der Waals surface area contributed by atoms with Gasteiger partial charge in [-0.3, -0.25) is 0 Å². The van der Waals surface area contributed by atoms with Gasteiger partial charge in [0.05, 0.1) is 11.4 Å². The molecule has 4 nitrogen and oxygen atoms in total. The zero-order valence-corrected chi connectivity index (χ0v) is 12.3. The number of aryl methyl sites for hydroxylation is 2. The zero-order chi connectivity index (χ0) is 13.0. The second kappa shape index (κ2) is 5.87. The average Bonchev–Trinajstić information content (AvgIpc) is 2.41. The van der Waals surface area contributed by atoms with Crippen molar-refractivity contribution in [2.75, 3.05) is 18.1 Å². The molecule has 0 unspecified atom stereocenters. The van der Waals surface area contributed by atoms with Gasteiger partial charge in [-0.25, -0.2) is 4.98 Å². The second-order valence-electron chi connectivity index (χ2n) is 5.11. The van der Waals surface area contributed by atoms with Crippen molar-refractivity contribution in [3.05, 3.63) is 11.4 Å². The molecular formula is C13H22N4S. The first-order valence-electron chi connectivity index (χ1n) is 6.62. The molecule has 5 heteroatoms. The molecule has 0 saturated heterocycles. The van der Waals surface area contributed by atoms with Gasteiger partial charge < -0.3 is 5.32 Å². The van der Waals surface area contributed by atoms with Gasteiger partial charge in [0.15, 0.2) is 0 Å². The molecule has 1 saturated carbocycles. The van der Waals surface area contributed by atoms with Crippen LogP contribution in [0.5, 0.6) is 0 Å². The summed E-state index contributed by atoms with van der Waals surface area (Å²) in [6.45, 7) is 4.85. The van der Waals surface area contributed by atoms with Crippen molar-refractivity contribution >= 4 is 17.7 Å². The Balaban J connectivity index is 1.98. The summed E-state index contributed by atoms with van der Waals surface area (Å²) in [4.78, 5) is 4.43. The van der Waals surface area contributed by atoms with Crippen LogP contribution in [-0.2, 0) is 0 Å². The molecule has 100 valence electrons. The van der Waals surface area contributed by atoms with E-state index in [0.29, 0.717) is 10.7 Å². The van der Waals surface area contributed by atoms with Crippen LogP contribution in [0.1, 0.15) is 43.5 Å². The van der Waals surface area contributed by atoms with Crippen molar-refractivity contribution in [1.82, 2.24) is 15.2 Å². The van der Waals surface area contributed by atoms with Gasteiger partial charge in [-0.15, -0.1) is 5.10 Å². The van der Waals surface area contributed by atoms with E-state index in [1.54, 1.807) is 0 Å². The molecular weight excluding hydrogens is 244 g/mol. The highest BCUT2D eigenvalue weighted by Crippen LogP contribution is 2.38. The summed E-state index contributed by atoms with van der Waals surface area (Å²) in [6.07, 6.45) is 8.86. The molecule has 0 amide bonds. The van der Waals surface area contributed by atoms with Crippen LogP contribution >= 0.6 is 11.8 Å². The largest absolute Gasteiger partial charge is 0.352 e. The van der Waals surface area contributed by atoms with Crippen LogP contribution in [0, 0.1) is 13.8 Å². The zero-order valence-electron chi connectivity index (χ0n) is 11.5. The maximum Gasteiger partial charge on any atom is 0.243 e. The summed E-state index contributed by atoms with van der Waals surface area (Å²) in [6, 6.07) is 0. The Hall–Kier alpha value is -0.840. The van der Waals surface area contributed by atoms with Gasteiger partial charge in [-0.2, -0.15) is 16.9 Å². The lowest BCUT2D eigenvalue weighted by Crippen LogP contribution is -2.36. The van der Waals surface area contributed by atoms with Gasteiger partial charge in [0, 0.05) is 11.3 Å². The summed E-state index contributed by atoms with van der Waals surface area (Å²) >= 11 is 1.98. The first kappa shape index (κ1) is 13.6. The molecule has 0 bridgehead atoms. The quantitative estimate of drug-likeness (QED) is 0.908. The highest BCUT2D eigenvalue weighted by Gasteiger charge is 2.31. The molecule has 1 aromatic rings. The summed E-state index contributed by atoms with van der Waals surface area (Å²) < 4.78 is 0.362. The fourth-order valence-corrected chi connectivity index (χ4v) is 3.33. The van der Waals surface area contributed by atoms with Crippen LogP contribution in [0.15, 0.2) is 0 Å². The Labute approximate surface area is 113 Å². The van der Waals surface area contributed by atoms with E-state index < -0.39 is 0 Å².